The van der Waals surface area contributed by atoms with Gasteiger partial charge in [0.1, 0.15) is 5.75 Å². The van der Waals surface area contributed by atoms with Crippen LogP contribution in [0.4, 0.5) is 0 Å². The minimum Gasteiger partial charge on any atom is -0.479 e. The van der Waals surface area contributed by atoms with Crippen molar-refractivity contribution in [1.82, 2.24) is 0 Å². The van der Waals surface area contributed by atoms with E-state index in [-0.39, 0.29) is 5.97 Å². The SMILES string of the molecule is CCCOC(=O)[C@H](Cc1ccc(O[C@H](C)C(=O)O)cc1)OCC. The van der Waals surface area contributed by atoms with Gasteiger partial charge in [0.15, 0.2) is 12.2 Å². The zero-order valence-corrected chi connectivity index (χ0v) is 13.8. The van der Waals surface area contributed by atoms with Crippen LogP contribution in [0.1, 0.15) is 32.8 Å². The summed E-state index contributed by atoms with van der Waals surface area (Å²) in [5, 5.41) is 8.81. The first-order valence-corrected chi connectivity index (χ1v) is 7.74. The Hall–Kier alpha value is -2.08. The number of hydrogen-bond acceptors (Lipinski definition) is 5. The lowest BCUT2D eigenvalue weighted by Gasteiger charge is -2.16. The Bertz CT molecular complexity index is 496. The molecule has 128 valence electrons. The molecule has 1 aromatic carbocycles. The van der Waals surface area contributed by atoms with Gasteiger partial charge >= 0.3 is 11.9 Å². The van der Waals surface area contributed by atoms with Crippen molar-refractivity contribution in [1.29, 1.82) is 0 Å². The molecule has 0 heterocycles. The van der Waals surface area contributed by atoms with Crippen molar-refractivity contribution in [3.05, 3.63) is 29.8 Å². The van der Waals surface area contributed by atoms with Gasteiger partial charge in [-0.1, -0.05) is 19.1 Å². The fraction of sp³-hybridized carbons (Fsp3) is 0.529. The van der Waals surface area contributed by atoms with Crippen LogP contribution in [0.5, 0.6) is 5.75 Å². The summed E-state index contributed by atoms with van der Waals surface area (Å²) in [7, 11) is 0. The van der Waals surface area contributed by atoms with Gasteiger partial charge in [-0.2, -0.15) is 0 Å². The Labute approximate surface area is 136 Å². The van der Waals surface area contributed by atoms with Gasteiger partial charge in [-0.05, 0) is 38.0 Å². The summed E-state index contributed by atoms with van der Waals surface area (Å²) in [6, 6.07) is 6.91. The molecule has 0 spiro atoms. The molecule has 0 bridgehead atoms. The quantitative estimate of drug-likeness (QED) is 0.666. The van der Waals surface area contributed by atoms with E-state index in [1.54, 1.807) is 24.3 Å². The number of rotatable bonds is 10. The average molecular weight is 324 g/mol. The minimum atomic E-state index is -1.02. The molecule has 0 unspecified atom stereocenters. The maximum atomic E-state index is 11.9. The van der Waals surface area contributed by atoms with Crippen LogP contribution < -0.4 is 4.74 Å². The zero-order valence-electron chi connectivity index (χ0n) is 13.8. The molecule has 0 aliphatic carbocycles. The molecule has 2 atom stereocenters. The molecule has 0 amide bonds. The van der Waals surface area contributed by atoms with E-state index in [0.717, 1.165) is 12.0 Å². The molecule has 1 rings (SSSR count). The first-order valence-electron chi connectivity index (χ1n) is 7.74. The first-order chi connectivity index (χ1) is 11.0. The van der Waals surface area contributed by atoms with E-state index < -0.39 is 18.2 Å². The average Bonchev–Trinajstić information content (AvgIpc) is 2.53. The lowest BCUT2D eigenvalue weighted by molar-refractivity contribution is -0.156. The van der Waals surface area contributed by atoms with E-state index in [1.165, 1.54) is 6.92 Å². The van der Waals surface area contributed by atoms with Gasteiger partial charge in [0.25, 0.3) is 0 Å². The number of carboxylic acids is 1. The first kappa shape index (κ1) is 19.0. The van der Waals surface area contributed by atoms with Crippen molar-refractivity contribution in [2.24, 2.45) is 0 Å². The second-order valence-corrected chi connectivity index (χ2v) is 5.06. The van der Waals surface area contributed by atoms with Gasteiger partial charge in [0.05, 0.1) is 6.61 Å². The van der Waals surface area contributed by atoms with Gasteiger partial charge in [0, 0.05) is 13.0 Å². The number of esters is 1. The summed E-state index contributed by atoms with van der Waals surface area (Å²) in [5.74, 6) is -0.928. The van der Waals surface area contributed by atoms with Crippen LogP contribution in [0.3, 0.4) is 0 Å². The lowest BCUT2D eigenvalue weighted by atomic mass is 10.1. The fourth-order valence-electron chi connectivity index (χ4n) is 1.88. The Kier molecular flexibility index (Phi) is 8.11. The van der Waals surface area contributed by atoms with E-state index in [1.807, 2.05) is 13.8 Å². The van der Waals surface area contributed by atoms with Crippen LogP contribution in [0.2, 0.25) is 0 Å². The van der Waals surface area contributed by atoms with Crippen LogP contribution in [0.15, 0.2) is 24.3 Å². The summed E-state index contributed by atoms with van der Waals surface area (Å²) in [6.07, 6.45) is -0.402. The summed E-state index contributed by atoms with van der Waals surface area (Å²) in [6.45, 7) is 6.01. The van der Waals surface area contributed by atoms with Crippen molar-refractivity contribution in [2.45, 2.75) is 45.8 Å². The van der Waals surface area contributed by atoms with Crippen molar-refractivity contribution in [3.8, 4) is 5.75 Å². The number of carbonyl (C=O) groups is 2. The topological polar surface area (TPSA) is 82.1 Å². The molecule has 0 radical (unpaired) electrons. The normalized spacial score (nSPS) is 13.2. The molecule has 0 saturated heterocycles. The Balaban J connectivity index is 2.66. The van der Waals surface area contributed by atoms with Crippen LogP contribution in [-0.2, 0) is 25.5 Å². The highest BCUT2D eigenvalue weighted by Crippen LogP contribution is 2.16. The van der Waals surface area contributed by atoms with Gasteiger partial charge in [-0.25, -0.2) is 9.59 Å². The molecule has 1 aromatic rings. The molecule has 6 heteroatoms. The zero-order chi connectivity index (χ0) is 17.2. The fourth-order valence-corrected chi connectivity index (χ4v) is 1.88. The second kappa shape index (κ2) is 9.84. The van der Waals surface area contributed by atoms with E-state index in [0.29, 0.717) is 25.4 Å². The highest BCUT2D eigenvalue weighted by Gasteiger charge is 2.21. The monoisotopic (exact) mass is 324 g/mol. The number of benzene rings is 1. The predicted molar refractivity (Wildman–Crippen MR) is 84.5 cm³/mol. The Morgan fingerprint density at radius 3 is 2.35 bits per heavy atom. The molecule has 0 saturated carbocycles. The van der Waals surface area contributed by atoms with Gasteiger partial charge < -0.3 is 19.3 Å². The largest absolute Gasteiger partial charge is 0.479 e. The third-order valence-electron chi connectivity index (χ3n) is 3.08. The van der Waals surface area contributed by atoms with Crippen LogP contribution in [0, 0.1) is 0 Å². The predicted octanol–water partition coefficient (Wildman–Crippen LogP) is 2.44. The highest BCUT2D eigenvalue weighted by atomic mass is 16.6. The van der Waals surface area contributed by atoms with Crippen LogP contribution >= 0.6 is 0 Å². The summed E-state index contributed by atoms with van der Waals surface area (Å²) < 4.78 is 15.8. The van der Waals surface area contributed by atoms with Crippen LogP contribution in [-0.4, -0.2) is 42.5 Å². The van der Waals surface area contributed by atoms with E-state index >= 15 is 0 Å². The Morgan fingerprint density at radius 2 is 1.83 bits per heavy atom. The van der Waals surface area contributed by atoms with Crippen molar-refractivity contribution < 1.29 is 28.9 Å². The Morgan fingerprint density at radius 1 is 1.17 bits per heavy atom. The van der Waals surface area contributed by atoms with Gasteiger partial charge in [-0.3, -0.25) is 0 Å². The van der Waals surface area contributed by atoms with E-state index in [2.05, 4.69) is 0 Å². The summed E-state index contributed by atoms with van der Waals surface area (Å²) in [4.78, 5) is 22.7. The number of aliphatic carboxylic acids is 1. The molecular weight excluding hydrogens is 300 g/mol. The molecule has 23 heavy (non-hydrogen) atoms. The molecule has 0 fully saturated rings. The van der Waals surface area contributed by atoms with Crippen LogP contribution in [0.25, 0.3) is 0 Å². The summed E-state index contributed by atoms with van der Waals surface area (Å²) >= 11 is 0. The number of ether oxygens (including phenoxy) is 3. The van der Waals surface area contributed by atoms with Crippen molar-refractivity contribution in [3.63, 3.8) is 0 Å². The molecule has 6 nitrogen and oxygen atoms in total. The second-order valence-electron chi connectivity index (χ2n) is 5.06. The lowest BCUT2D eigenvalue weighted by Crippen LogP contribution is -2.29. The maximum Gasteiger partial charge on any atom is 0.344 e. The molecular formula is C17H24O6. The van der Waals surface area contributed by atoms with Gasteiger partial charge in [0.2, 0.25) is 0 Å². The third-order valence-corrected chi connectivity index (χ3v) is 3.08. The smallest absolute Gasteiger partial charge is 0.344 e. The molecule has 0 aliphatic rings. The number of carbonyl (C=O) groups excluding carboxylic acids is 1. The highest BCUT2D eigenvalue weighted by molar-refractivity contribution is 5.75. The molecule has 0 aromatic heterocycles. The maximum absolute atomic E-state index is 11.9. The molecule has 0 aliphatic heterocycles. The third kappa shape index (κ3) is 6.69. The standard InChI is InChI=1S/C17H24O6/c1-4-10-22-17(20)15(21-5-2)11-13-6-8-14(9-7-13)23-12(3)16(18)19/h6-9,12,15H,4-5,10-11H2,1-3H3,(H,18,19)/t12-,15+/m1/s1. The number of carboxylic acid groups (broad SMARTS) is 1. The van der Waals surface area contributed by atoms with E-state index in [4.69, 9.17) is 19.3 Å². The van der Waals surface area contributed by atoms with E-state index in [9.17, 15) is 9.59 Å². The van der Waals surface area contributed by atoms with Crippen molar-refractivity contribution >= 4 is 11.9 Å². The minimum absolute atomic E-state index is 0.367. The van der Waals surface area contributed by atoms with Crippen molar-refractivity contribution in [2.75, 3.05) is 13.2 Å². The molecule has 1 N–H and O–H groups in total. The summed E-state index contributed by atoms with van der Waals surface area (Å²) in [5.41, 5.74) is 0.882. The number of hydrogen-bond donors (Lipinski definition) is 1. The van der Waals surface area contributed by atoms with Gasteiger partial charge in [-0.15, -0.1) is 0 Å².